The first-order valence-corrected chi connectivity index (χ1v) is 4.52. The molecule has 0 aliphatic carbocycles. The van der Waals surface area contributed by atoms with Gasteiger partial charge in [0.25, 0.3) is 11.8 Å². The zero-order valence-electron chi connectivity index (χ0n) is 7.99. The van der Waals surface area contributed by atoms with Crippen molar-refractivity contribution in [3.05, 3.63) is 18.1 Å². The van der Waals surface area contributed by atoms with E-state index in [-0.39, 0.29) is 5.82 Å². The molecular formula is C9H12N3O2. The monoisotopic (exact) mass is 194 g/mol. The van der Waals surface area contributed by atoms with Gasteiger partial charge in [0.1, 0.15) is 0 Å². The molecular weight excluding hydrogens is 182 g/mol. The molecule has 0 aliphatic heterocycles. The van der Waals surface area contributed by atoms with Gasteiger partial charge in [-0.2, -0.15) is 4.98 Å². The van der Waals surface area contributed by atoms with Gasteiger partial charge in [-0.3, -0.25) is 9.90 Å². The summed E-state index contributed by atoms with van der Waals surface area (Å²) in [6.45, 7) is 2.61. The highest BCUT2D eigenvalue weighted by Crippen LogP contribution is 2.02. The highest BCUT2D eigenvalue weighted by molar-refractivity contribution is 5.90. The molecule has 0 aromatic carbocycles. The summed E-state index contributed by atoms with van der Waals surface area (Å²) >= 11 is 0. The van der Waals surface area contributed by atoms with Crippen molar-refractivity contribution in [1.29, 1.82) is 0 Å². The molecule has 1 N–H and O–H groups in total. The van der Waals surface area contributed by atoms with Gasteiger partial charge < -0.3 is 5.32 Å². The summed E-state index contributed by atoms with van der Waals surface area (Å²) in [7, 11) is 0. The summed E-state index contributed by atoms with van der Waals surface area (Å²) in [4.78, 5) is 18.5. The number of amides is 1. The van der Waals surface area contributed by atoms with Gasteiger partial charge in [-0.1, -0.05) is 13.3 Å². The van der Waals surface area contributed by atoms with Crippen LogP contribution < -0.4 is 5.32 Å². The number of carbonyl (C=O) groups is 1. The number of aromatic nitrogens is 2. The Morgan fingerprint density at radius 1 is 1.57 bits per heavy atom. The lowest BCUT2D eigenvalue weighted by atomic mass is 10.3. The number of nitrogens with one attached hydrogen (secondary N) is 1. The van der Waals surface area contributed by atoms with Crippen LogP contribution in [-0.2, 0) is 5.11 Å². The van der Waals surface area contributed by atoms with Gasteiger partial charge in [0, 0.05) is 18.8 Å². The van der Waals surface area contributed by atoms with E-state index in [2.05, 4.69) is 15.3 Å². The molecule has 0 fully saturated rings. The fraction of sp³-hybridized carbons (Fsp3) is 0.444. The average molecular weight is 194 g/mol. The Morgan fingerprint density at radius 2 is 2.36 bits per heavy atom. The molecule has 5 heteroatoms. The average Bonchev–Trinajstić information content (AvgIpc) is 2.18. The molecule has 0 unspecified atom stereocenters. The summed E-state index contributed by atoms with van der Waals surface area (Å²) in [5.74, 6) is -0.898. The largest absolute Gasteiger partial charge is 0.349 e. The van der Waals surface area contributed by atoms with Gasteiger partial charge in [-0.05, 0) is 6.42 Å². The third-order valence-corrected chi connectivity index (χ3v) is 1.65. The maximum absolute atomic E-state index is 11.3. The Kier molecular flexibility index (Phi) is 3.84. The molecule has 0 bridgehead atoms. The van der Waals surface area contributed by atoms with Crippen molar-refractivity contribution in [1.82, 2.24) is 15.3 Å². The van der Waals surface area contributed by atoms with Crippen LogP contribution in [0.4, 0.5) is 0 Å². The van der Waals surface area contributed by atoms with E-state index in [1.54, 1.807) is 0 Å². The number of carbonyl (C=O) groups excluding carboxylic acids is 1. The second-order valence-electron chi connectivity index (χ2n) is 2.83. The van der Waals surface area contributed by atoms with Gasteiger partial charge in [0.05, 0.1) is 0 Å². The Morgan fingerprint density at radius 3 is 3.00 bits per heavy atom. The van der Waals surface area contributed by atoms with Crippen molar-refractivity contribution in [2.75, 3.05) is 6.54 Å². The molecule has 5 nitrogen and oxygen atoms in total. The van der Waals surface area contributed by atoms with E-state index >= 15 is 0 Å². The van der Waals surface area contributed by atoms with Gasteiger partial charge in [-0.15, -0.1) is 0 Å². The van der Waals surface area contributed by atoms with Crippen LogP contribution in [0.2, 0.25) is 0 Å². The number of unbranched alkanes of at least 4 members (excludes halogenated alkanes) is 1. The zero-order chi connectivity index (χ0) is 10.4. The number of hydrogen-bond acceptors (Lipinski definition) is 3. The van der Waals surface area contributed by atoms with Crippen LogP contribution in [0.5, 0.6) is 5.88 Å². The predicted molar refractivity (Wildman–Crippen MR) is 49.4 cm³/mol. The molecule has 75 valence electrons. The van der Waals surface area contributed by atoms with E-state index in [1.807, 2.05) is 6.92 Å². The van der Waals surface area contributed by atoms with E-state index in [9.17, 15) is 9.90 Å². The Bertz CT molecular complexity index is 315. The highest BCUT2D eigenvalue weighted by atomic mass is 16.3. The first-order valence-electron chi connectivity index (χ1n) is 4.52. The normalized spacial score (nSPS) is 9.79. The first kappa shape index (κ1) is 10.4. The summed E-state index contributed by atoms with van der Waals surface area (Å²) in [6, 6.07) is 1.21. The van der Waals surface area contributed by atoms with Crippen LogP contribution >= 0.6 is 0 Å². The fourth-order valence-electron chi connectivity index (χ4n) is 0.909. The summed E-state index contributed by atoms with van der Waals surface area (Å²) in [5.41, 5.74) is 0. The minimum atomic E-state index is -0.444. The topological polar surface area (TPSA) is 74.8 Å². The van der Waals surface area contributed by atoms with Gasteiger partial charge >= 0.3 is 0 Å². The second kappa shape index (κ2) is 5.16. The van der Waals surface area contributed by atoms with Crippen LogP contribution in [0.15, 0.2) is 12.3 Å². The fourth-order valence-corrected chi connectivity index (χ4v) is 0.909. The lowest BCUT2D eigenvalue weighted by molar-refractivity contribution is 0.0941. The lowest BCUT2D eigenvalue weighted by Crippen LogP contribution is -2.26. The first-order chi connectivity index (χ1) is 6.74. The van der Waals surface area contributed by atoms with Crippen LogP contribution in [-0.4, -0.2) is 22.4 Å². The minimum absolute atomic E-state index is 0.0615. The highest BCUT2D eigenvalue weighted by Gasteiger charge is 2.08. The quantitative estimate of drug-likeness (QED) is 0.730. The molecule has 0 spiro atoms. The zero-order valence-corrected chi connectivity index (χ0v) is 7.99. The molecule has 1 heterocycles. The standard InChI is InChI=1S/C9H12N3O2/c1-2-3-5-11-9(14)8-10-6-4-7(13)12-8/h4,6H,2-3,5H2,1H3,(H,11,14). The number of nitrogens with zero attached hydrogens (tertiary/aromatic N) is 2. The van der Waals surface area contributed by atoms with Crippen LogP contribution in [0.25, 0.3) is 0 Å². The third-order valence-electron chi connectivity index (χ3n) is 1.65. The number of hydrogen-bond donors (Lipinski definition) is 1. The summed E-state index contributed by atoms with van der Waals surface area (Å²) < 4.78 is 0. The maximum atomic E-state index is 11.3. The van der Waals surface area contributed by atoms with E-state index in [0.29, 0.717) is 6.54 Å². The van der Waals surface area contributed by atoms with Crippen molar-refractivity contribution < 1.29 is 9.90 Å². The summed E-state index contributed by atoms with van der Waals surface area (Å²) in [5, 5.41) is 13.4. The van der Waals surface area contributed by atoms with Crippen LogP contribution in [0, 0.1) is 0 Å². The molecule has 0 atom stereocenters. The van der Waals surface area contributed by atoms with E-state index in [1.165, 1.54) is 12.3 Å². The van der Waals surface area contributed by atoms with Crippen molar-refractivity contribution in [3.63, 3.8) is 0 Å². The molecule has 0 aliphatic rings. The van der Waals surface area contributed by atoms with Crippen molar-refractivity contribution in [2.24, 2.45) is 0 Å². The predicted octanol–water partition coefficient (Wildman–Crippen LogP) is 1.15. The van der Waals surface area contributed by atoms with Crippen molar-refractivity contribution in [3.8, 4) is 5.88 Å². The molecule has 1 rings (SSSR count). The Labute approximate surface area is 82.2 Å². The smallest absolute Gasteiger partial charge is 0.289 e. The molecule has 1 radical (unpaired) electrons. The molecule has 1 aromatic heterocycles. The van der Waals surface area contributed by atoms with Crippen molar-refractivity contribution in [2.45, 2.75) is 19.8 Å². The maximum Gasteiger partial charge on any atom is 0.289 e. The van der Waals surface area contributed by atoms with Gasteiger partial charge in [-0.25, -0.2) is 4.98 Å². The Balaban J connectivity index is 2.52. The summed E-state index contributed by atoms with van der Waals surface area (Å²) in [6.07, 6.45) is 3.19. The number of rotatable bonds is 4. The van der Waals surface area contributed by atoms with Crippen LogP contribution in [0.3, 0.4) is 0 Å². The van der Waals surface area contributed by atoms with E-state index in [4.69, 9.17) is 0 Å². The SMILES string of the molecule is CCCCNC(=O)c1nccc([O])n1. The molecule has 0 saturated carbocycles. The minimum Gasteiger partial charge on any atom is -0.349 e. The Hall–Kier alpha value is -1.65. The van der Waals surface area contributed by atoms with Crippen molar-refractivity contribution >= 4 is 5.91 Å². The third kappa shape index (κ3) is 3.01. The van der Waals surface area contributed by atoms with E-state index in [0.717, 1.165) is 12.8 Å². The molecule has 1 amide bonds. The van der Waals surface area contributed by atoms with Gasteiger partial charge in [0.15, 0.2) is 0 Å². The molecule has 1 aromatic rings. The lowest BCUT2D eigenvalue weighted by Gasteiger charge is -2.01. The van der Waals surface area contributed by atoms with Crippen LogP contribution in [0.1, 0.15) is 30.4 Å². The molecule has 14 heavy (non-hydrogen) atoms. The molecule has 0 saturated heterocycles. The second-order valence-corrected chi connectivity index (χ2v) is 2.83. The van der Waals surface area contributed by atoms with Gasteiger partial charge in [0.2, 0.25) is 5.82 Å². The van der Waals surface area contributed by atoms with E-state index < -0.39 is 11.8 Å².